The van der Waals surface area contributed by atoms with Crippen molar-refractivity contribution >= 4 is 10.9 Å². The Morgan fingerprint density at radius 1 is 1.60 bits per heavy atom. The van der Waals surface area contributed by atoms with Crippen molar-refractivity contribution < 1.29 is 13.3 Å². The highest BCUT2D eigenvalue weighted by atomic mass is 32.2. The number of thiol groups is 1. The lowest BCUT2D eigenvalue weighted by molar-refractivity contribution is -0.409. The first-order chi connectivity index (χ1) is 2.27. The monoisotopic (exact) mass is 97.0 g/mol. The first kappa shape index (κ1) is 4.87. The van der Waals surface area contributed by atoms with Crippen LogP contribution < -0.4 is 4.89 Å². The fourth-order valence-corrected chi connectivity index (χ4v) is 0. The minimum absolute atomic E-state index is 0.130. The molecule has 0 saturated heterocycles. The second-order valence-electron chi connectivity index (χ2n) is 0.391. The van der Waals surface area contributed by atoms with Crippen LogP contribution in [0.2, 0.25) is 0 Å². The van der Waals surface area contributed by atoms with E-state index in [-0.39, 0.29) is 4.89 Å². The molecule has 0 radical (unpaired) electrons. The highest BCUT2D eigenvalue weighted by molar-refractivity contribution is 7.65. The van der Waals surface area contributed by atoms with Crippen LogP contribution in [-0.4, -0.2) is 8.42 Å². The minimum atomic E-state index is -2.78. The van der Waals surface area contributed by atoms with E-state index in [2.05, 4.69) is 0 Å². The van der Waals surface area contributed by atoms with Crippen LogP contribution in [0.15, 0.2) is 0 Å². The summed E-state index contributed by atoms with van der Waals surface area (Å²) >= 11 is 0. The molecule has 0 saturated carbocycles. The van der Waals surface area contributed by atoms with Crippen molar-refractivity contribution in [2.24, 2.45) is 0 Å². The molecule has 0 bridgehead atoms. The Hall–Kier alpha value is -0.130. The lowest BCUT2D eigenvalue weighted by Gasteiger charge is -1.80. The van der Waals surface area contributed by atoms with Crippen molar-refractivity contribution in [3.8, 4) is 0 Å². The van der Waals surface area contributed by atoms with Crippen LogP contribution in [0.25, 0.3) is 0 Å². The lowest BCUT2D eigenvalue weighted by Crippen LogP contribution is -2.74. The van der Waals surface area contributed by atoms with Gasteiger partial charge in [0, 0.05) is 0 Å². The predicted octanol–water partition coefficient (Wildman–Crippen LogP) is -2.43. The molecule has 0 aliphatic carbocycles. The zero-order chi connectivity index (χ0) is 4.28. The van der Waals surface area contributed by atoms with Crippen LogP contribution >= 0.6 is 0 Å². The third kappa shape index (κ3) is 3.87. The second kappa shape index (κ2) is 2.13. The summed E-state index contributed by atoms with van der Waals surface area (Å²) in [5, 5.41) is 8.91. The average molecular weight is 97.1 g/mol. The summed E-state index contributed by atoms with van der Waals surface area (Å²) in [7, 11) is -2.78. The molecule has 0 aromatic heterocycles. The smallest absolute Gasteiger partial charge is 0.283 e. The van der Waals surface area contributed by atoms with Crippen molar-refractivity contribution in [2.75, 3.05) is 0 Å². The van der Waals surface area contributed by atoms with E-state index in [4.69, 9.17) is 13.6 Å². The van der Waals surface area contributed by atoms with E-state index in [0.29, 0.717) is 0 Å². The standard InChI is InChI=1S/H3NO3S/c2-1-5(3)4/h5H,1H2. The maximum absolute atomic E-state index is 9.04. The molecule has 0 aromatic rings. The average Bonchev–Trinajstić information content (AvgIpc) is 1.38. The first-order valence-electron chi connectivity index (χ1n) is 0.859. The van der Waals surface area contributed by atoms with E-state index in [1.165, 1.54) is 0 Å². The van der Waals surface area contributed by atoms with Crippen LogP contribution in [0.3, 0.4) is 0 Å². The summed E-state index contributed by atoms with van der Waals surface area (Å²) < 4.78 is 18.1. The van der Waals surface area contributed by atoms with Crippen molar-refractivity contribution in [1.82, 2.24) is 0 Å². The van der Waals surface area contributed by atoms with Crippen LogP contribution in [0.4, 0.5) is 0 Å². The van der Waals surface area contributed by atoms with Crippen molar-refractivity contribution in [2.45, 2.75) is 0 Å². The van der Waals surface area contributed by atoms with Crippen molar-refractivity contribution in [3.63, 3.8) is 0 Å². The van der Waals surface area contributed by atoms with E-state index >= 15 is 0 Å². The lowest BCUT2D eigenvalue weighted by atomic mass is 13.5. The highest BCUT2D eigenvalue weighted by Gasteiger charge is 1.57. The second-order valence-corrected chi connectivity index (χ2v) is 1.17. The summed E-state index contributed by atoms with van der Waals surface area (Å²) in [6, 6.07) is 0. The van der Waals surface area contributed by atoms with E-state index in [9.17, 15) is 0 Å². The Labute approximate surface area is 30.5 Å². The molecule has 0 unspecified atom stereocenters. The molecular formula is H3NO3S. The van der Waals surface area contributed by atoms with Crippen LogP contribution in [-0.2, 0) is 10.9 Å². The molecule has 32 valence electrons. The van der Waals surface area contributed by atoms with Gasteiger partial charge in [-0.25, -0.2) is 0 Å². The van der Waals surface area contributed by atoms with Gasteiger partial charge in [-0.2, -0.15) is 8.42 Å². The molecule has 0 aromatic carbocycles. The normalized spacial score (nSPS) is 9.20. The fraction of sp³-hybridized carbons (Fsp3) is 0. The first-order valence-corrected chi connectivity index (χ1v) is 2.11. The summed E-state index contributed by atoms with van der Waals surface area (Å²) in [6.07, 6.45) is 0. The summed E-state index contributed by atoms with van der Waals surface area (Å²) in [5.41, 5.74) is 0. The number of nitrogens with two attached hydrogens (primary N) is 1. The Kier molecular flexibility index (Phi) is 2.07. The third-order valence-electron chi connectivity index (χ3n) is 0.0861. The van der Waals surface area contributed by atoms with Crippen molar-refractivity contribution in [1.29, 1.82) is 0 Å². The summed E-state index contributed by atoms with van der Waals surface area (Å²) in [4.78, 5) is -0.130. The Morgan fingerprint density at radius 3 is 1.80 bits per heavy atom. The van der Waals surface area contributed by atoms with Gasteiger partial charge in [0.1, 0.15) is 0 Å². The predicted molar refractivity (Wildman–Crippen MR) is 15.6 cm³/mol. The van der Waals surface area contributed by atoms with Crippen molar-refractivity contribution in [3.05, 3.63) is 5.21 Å². The van der Waals surface area contributed by atoms with E-state index in [1.807, 2.05) is 0 Å². The topological polar surface area (TPSA) is 73.8 Å². The SMILES string of the molecule is O=[SH](=O)[NH2+][O-]. The third-order valence-corrected chi connectivity index (χ3v) is 0.258. The van der Waals surface area contributed by atoms with Gasteiger partial charge in [0.25, 0.3) is 10.9 Å². The minimum Gasteiger partial charge on any atom is -0.620 e. The number of hydrogen-bond acceptors (Lipinski definition) is 3. The van der Waals surface area contributed by atoms with E-state index in [1.54, 1.807) is 0 Å². The molecule has 5 heavy (non-hydrogen) atoms. The Balaban J connectivity index is 3.23. The van der Waals surface area contributed by atoms with Gasteiger partial charge in [-0.1, -0.05) is 0 Å². The van der Waals surface area contributed by atoms with Crippen LogP contribution in [0, 0.1) is 5.21 Å². The maximum atomic E-state index is 9.04. The maximum Gasteiger partial charge on any atom is 0.283 e. The molecule has 0 rings (SSSR count). The quantitative estimate of drug-likeness (QED) is 0.282. The molecular weight excluding hydrogens is 94.1 g/mol. The van der Waals surface area contributed by atoms with Gasteiger partial charge in [0.05, 0.1) is 0 Å². The molecule has 0 heterocycles. The number of quaternary nitrogens is 1. The molecule has 4 nitrogen and oxygen atoms in total. The van der Waals surface area contributed by atoms with Gasteiger partial charge in [0.15, 0.2) is 0 Å². The number of hydrogen-bond donors (Lipinski definition) is 2. The zero-order valence-electron chi connectivity index (χ0n) is 2.25. The molecule has 0 spiro atoms. The van der Waals surface area contributed by atoms with Gasteiger partial charge in [0.2, 0.25) is 0 Å². The fourth-order valence-electron chi connectivity index (χ4n) is 0. The van der Waals surface area contributed by atoms with Crippen LogP contribution in [0.5, 0.6) is 0 Å². The zero-order valence-corrected chi connectivity index (χ0v) is 3.14. The van der Waals surface area contributed by atoms with Gasteiger partial charge >= 0.3 is 0 Å². The van der Waals surface area contributed by atoms with Gasteiger partial charge in [-0.3, -0.25) is 4.89 Å². The Bertz CT molecular complexity index is 65.0. The van der Waals surface area contributed by atoms with Gasteiger partial charge < -0.3 is 5.21 Å². The molecule has 0 aliphatic rings. The van der Waals surface area contributed by atoms with Gasteiger partial charge in [-0.15, -0.1) is 0 Å². The molecule has 5 heteroatoms. The highest BCUT2D eigenvalue weighted by Crippen LogP contribution is 1.14. The largest absolute Gasteiger partial charge is 0.620 e. The van der Waals surface area contributed by atoms with E-state index in [0.717, 1.165) is 0 Å². The van der Waals surface area contributed by atoms with E-state index < -0.39 is 10.9 Å². The summed E-state index contributed by atoms with van der Waals surface area (Å²) in [6.45, 7) is 0. The van der Waals surface area contributed by atoms with Gasteiger partial charge in [-0.05, 0) is 0 Å². The molecule has 0 aliphatic heterocycles. The van der Waals surface area contributed by atoms with Crippen LogP contribution in [0.1, 0.15) is 0 Å². The number of rotatable bonds is 1. The molecule has 0 amide bonds. The molecule has 0 fully saturated rings. The molecule has 0 atom stereocenters. The molecule has 2 N–H and O–H groups in total. The summed E-state index contributed by atoms with van der Waals surface area (Å²) in [5.74, 6) is 0. The Morgan fingerprint density at radius 2 is 1.80 bits per heavy atom.